The fourth-order valence-corrected chi connectivity index (χ4v) is 2.04. The van der Waals surface area contributed by atoms with E-state index in [4.69, 9.17) is 11.6 Å². The highest BCUT2D eigenvalue weighted by Crippen LogP contribution is 2.17. The maximum absolute atomic E-state index is 13.0. The molecular weight excluding hydrogens is 253 g/mol. The van der Waals surface area contributed by atoms with Crippen molar-refractivity contribution >= 4 is 11.6 Å². The number of hydrogen-bond acceptors (Lipinski definition) is 2. The summed E-state index contributed by atoms with van der Waals surface area (Å²) < 4.78 is 14.8. The molecule has 1 N–H and O–H groups in total. The predicted molar refractivity (Wildman–Crippen MR) is 69.9 cm³/mol. The lowest BCUT2D eigenvalue weighted by molar-refractivity contribution is 0.529. The molecule has 2 aromatic rings. The highest BCUT2D eigenvalue weighted by molar-refractivity contribution is 6.30. The van der Waals surface area contributed by atoms with Crippen LogP contribution in [0.15, 0.2) is 30.5 Å². The summed E-state index contributed by atoms with van der Waals surface area (Å²) in [6, 6.07) is 6.88. The number of rotatable bonds is 4. The van der Waals surface area contributed by atoms with E-state index in [2.05, 4.69) is 17.3 Å². The lowest BCUT2D eigenvalue weighted by Crippen LogP contribution is -2.20. The molecular formula is C13H15ClFN3. The first kappa shape index (κ1) is 13.1. The third-order valence-electron chi connectivity index (χ3n) is 2.90. The molecule has 1 aromatic carbocycles. The largest absolute Gasteiger partial charge is 0.305 e. The number of nitrogens with one attached hydrogen (secondary N) is 1. The van der Waals surface area contributed by atoms with Gasteiger partial charge < -0.3 is 5.32 Å². The second-order valence-electron chi connectivity index (χ2n) is 4.23. The Hall–Kier alpha value is -1.39. The Morgan fingerprint density at radius 1 is 1.44 bits per heavy atom. The van der Waals surface area contributed by atoms with Gasteiger partial charge in [0, 0.05) is 25.8 Å². The van der Waals surface area contributed by atoms with Gasteiger partial charge >= 0.3 is 0 Å². The molecule has 0 aliphatic rings. The van der Waals surface area contributed by atoms with E-state index in [0.717, 1.165) is 11.3 Å². The maximum atomic E-state index is 13.0. The zero-order valence-electron chi connectivity index (χ0n) is 10.3. The minimum atomic E-state index is -0.389. The molecule has 96 valence electrons. The van der Waals surface area contributed by atoms with Gasteiger partial charge in [0.1, 0.15) is 5.82 Å². The number of nitrogens with zero attached hydrogens (tertiary/aromatic N) is 2. The molecule has 0 aliphatic heterocycles. The van der Waals surface area contributed by atoms with Crippen LogP contribution < -0.4 is 5.32 Å². The van der Waals surface area contributed by atoms with Crippen molar-refractivity contribution in [3.8, 4) is 0 Å². The van der Waals surface area contributed by atoms with Crippen molar-refractivity contribution < 1.29 is 4.39 Å². The van der Waals surface area contributed by atoms with Crippen molar-refractivity contribution in [2.75, 3.05) is 0 Å². The van der Waals surface area contributed by atoms with E-state index in [1.165, 1.54) is 6.07 Å². The first-order chi connectivity index (χ1) is 8.58. The Kier molecular flexibility index (Phi) is 3.99. The average Bonchev–Trinajstić information content (AvgIpc) is 2.77. The van der Waals surface area contributed by atoms with Crippen LogP contribution in [0.1, 0.15) is 24.2 Å². The van der Waals surface area contributed by atoms with Crippen molar-refractivity contribution in [3.63, 3.8) is 0 Å². The SMILES string of the molecule is CC(NCc1ccc(F)c(Cl)c1)c1ccnn1C. The second-order valence-corrected chi connectivity index (χ2v) is 4.64. The summed E-state index contributed by atoms with van der Waals surface area (Å²) in [5.74, 6) is -0.389. The molecule has 0 saturated heterocycles. The molecule has 1 aromatic heterocycles. The number of hydrogen-bond donors (Lipinski definition) is 1. The van der Waals surface area contributed by atoms with Crippen molar-refractivity contribution in [1.29, 1.82) is 0 Å². The smallest absolute Gasteiger partial charge is 0.141 e. The topological polar surface area (TPSA) is 29.9 Å². The monoisotopic (exact) mass is 267 g/mol. The molecule has 5 heteroatoms. The molecule has 0 fully saturated rings. The number of aryl methyl sites for hydroxylation is 1. The van der Waals surface area contributed by atoms with Gasteiger partial charge in [-0.25, -0.2) is 4.39 Å². The van der Waals surface area contributed by atoms with Gasteiger partial charge in [0.05, 0.1) is 10.7 Å². The van der Waals surface area contributed by atoms with Gasteiger partial charge in [-0.05, 0) is 30.7 Å². The zero-order valence-corrected chi connectivity index (χ0v) is 11.1. The predicted octanol–water partition coefficient (Wildman–Crippen LogP) is 3.06. The molecule has 0 spiro atoms. The van der Waals surface area contributed by atoms with Gasteiger partial charge in [0.15, 0.2) is 0 Å². The molecule has 0 aliphatic carbocycles. The molecule has 0 bridgehead atoms. The average molecular weight is 268 g/mol. The van der Waals surface area contributed by atoms with E-state index in [1.54, 1.807) is 18.3 Å². The summed E-state index contributed by atoms with van der Waals surface area (Å²) in [6.45, 7) is 2.69. The van der Waals surface area contributed by atoms with Gasteiger partial charge in [-0.1, -0.05) is 17.7 Å². The second kappa shape index (κ2) is 5.50. The quantitative estimate of drug-likeness (QED) is 0.923. The Morgan fingerprint density at radius 3 is 2.83 bits per heavy atom. The number of halogens is 2. The highest BCUT2D eigenvalue weighted by atomic mass is 35.5. The first-order valence-electron chi connectivity index (χ1n) is 5.73. The third-order valence-corrected chi connectivity index (χ3v) is 3.19. The Balaban J connectivity index is 1.99. The number of aromatic nitrogens is 2. The van der Waals surface area contributed by atoms with Crippen LogP contribution in [-0.4, -0.2) is 9.78 Å². The summed E-state index contributed by atoms with van der Waals surface area (Å²) in [4.78, 5) is 0. The lowest BCUT2D eigenvalue weighted by atomic mass is 10.2. The van der Waals surface area contributed by atoms with Gasteiger partial charge in [-0.2, -0.15) is 5.10 Å². The molecule has 1 unspecified atom stereocenters. The maximum Gasteiger partial charge on any atom is 0.141 e. The standard InChI is InChI=1S/C13H15ClFN3/c1-9(13-5-6-17-18(13)2)16-8-10-3-4-12(15)11(14)7-10/h3-7,9,16H,8H2,1-2H3. The van der Waals surface area contributed by atoms with E-state index >= 15 is 0 Å². The van der Waals surface area contributed by atoms with E-state index in [0.29, 0.717) is 6.54 Å². The Labute approximate surface area is 111 Å². The van der Waals surface area contributed by atoms with Crippen LogP contribution in [0.2, 0.25) is 5.02 Å². The van der Waals surface area contributed by atoms with E-state index in [9.17, 15) is 4.39 Å². The van der Waals surface area contributed by atoms with Crippen LogP contribution in [0.25, 0.3) is 0 Å². The van der Waals surface area contributed by atoms with Crippen LogP contribution in [-0.2, 0) is 13.6 Å². The molecule has 1 heterocycles. The summed E-state index contributed by atoms with van der Waals surface area (Å²) in [5.41, 5.74) is 2.05. The molecule has 0 saturated carbocycles. The molecule has 3 nitrogen and oxygen atoms in total. The number of benzene rings is 1. The van der Waals surface area contributed by atoms with Crippen molar-refractivity contribution in [1.82, 2.24) is 15.1 Å². The van der Waals surface area contributed by atoms with Gasteiger partial charge in [0.2, 0.25) is 0 Å². The minimum absolute atomic E-state index is 0.155. The van der Waals surface area contributed by atoms with Crippen LogP contribution >= 0.6 is 11.6 Å². The molecule has 18 heavy (non-hydrogen) atoms. The Bertz CT molecular complexity index is 539. The van der Waals surface area contributed by atoms with Crippen LogP contribution in [0.5, 0.6) is 0 Å². The van der Waals surface area contributed by atoms with E-state index in [1.807, 2.05) is 17.8 Å². The lowest BCUT2D eigenvalue weighted by Gasteiger charge is -2.14. The van der Waals surface area contributed by atoms with Crippen LogP contribution in [0, 0.1) is 5.82 Å². The van der Waals surface area contributed by atoms with Crippen LogP contribution in [0.4, 0.5) is 4.39 Å². The van der Waals surface area contributed by atoms with Gasteiger partial charge in [-0.15, -0.1) is 0 Å². The third kappa shape index (κ3) is 2.89. The molecule has 2 rings (SSSR count). The molecule has 0 amide bonds. The fourth-order valence-electron chi connectivity index (χ4n) is 1.83. The minimum Gasteiger partial charge on any atom is -0.305 e. The molecule has 0 radical (unpaired) electrons. The van der Waals surface area contributed by atoms with E-state index in [-0.39, 0.29) is 16.9 Å². The van der Waals surface area contributed by atoms with E-state index < -0.39 is 0 Å². The van der Waals surface area contributed by atoms with Crippen molar-refractivity contribution in [3.05, 3.63) is 52.6 Å². The van der Waals surface area contributed by atoms with Crippen molar-refractivity contribution in [2.24, 2.45) is 7.05 Å². The summed E-state index contributed by atoms with van der Waals surface area (Å²) in [5, 5.41) is 7.63. The normalized spacial score (nSPS) is 12.7. The van der Waals surface area contributed by atoms with Crippen LogP contribution in [0.3, 0.4) is 0 Å². The fraction of sp³-hybridized carbons (Fsp3) is 0.308. The van der Waals surface area contributed by atoms with Gasteiger partial charge in [0.25, 0.3) is 0 Å². The summed E-state index contributed by atoms with van der Waals surface area (Å²) >= 11 is 5.74. The Morgan fingerprint density at radius 2 is 2.22 bits per heavy atom. The van der Waals surface area contributed by atoms with Crippen molar-refractivity contribution in [2.45, 2.75) is 19.5 Å². The summed E-state index contributed by atoms with van der Waals surface area (Å²) in [7, 11) is 1.91. The summed E-state index contributed by atoms with van der Waals surface area (Å²) in [6.07, 6.45) is 1.77. The molecule has 1 atom stereocenters. The highest BCUT2D eigenvalue weighted by Gasteiger charge is 2.09. The van der Waals surface area contributed by atoms with Gasteiger partial charge in [-0.3, -0.25) is 4.68 Å². The first-order valence-corrected chi connectivity index (χ1v) is 6.11. The zero-order chi connectivity index (χ0) is 13.1.